The Bertz CT molecular complexity index is 447. The Labute approximate surface area is 105 Å². The second-order valence-electron chi connectivity index (χ2n) is 5.07. The molecule has 1 aliphatic carbocycles. The van der Waals surface area contributed by atoms with Crippen LogP contribution in [0.2, 0.25) is 0 Å². The van der Waals surface area contributed by atoms with E-state index in [4.69, 9.17) is 0 Å². The monoisotopic (exact) mass is 253 g/mol. The zero-order valence-corrected chi connectivity index (χ0v) is 10.4. The number of amides is 1. The lowest BCUT2D eigenvalue weighted by molar-refractivity contribution is 0.0917. The van der Waals surface area contributed by atoms with Crippen LogP contribution < -0.4 is 5.32 Å². The highest BCUT2D eigenvalue weighted by Gasteiger charge is 2.22. The van der Waals surface area contributed by atoms with Crippen molar-refractivity contribution in [3.05, 3.63) is 35.4 Å². The number of nitrogens with one attached hydrogen (secondary N) is 1. The van der Waals surface area contributed by atoms with E-state index in [1.54, 1.807) is 0 Å². The number of halogens is 2. The average Bonchev–Trinajstić information content (AvgIpc) is 2.32. The molecule has 0 radical (unpaired) electrons. The van der Waals surface area contributed by atoms with Crippen LogP contribution in [0.3, 0.4) is 0 Å². The summed E-state index contributed by atoms with van der Waals surface area (Å²) in [7, 11) is 0. The van der Waals surface area contributed by atoms with Crippen molar-refractivity contribution in [3.63, 3.8) is 0 Å². The third-order valence-electron chi connectivity index (χ3n) is 3.44. The molecule has 0 aliphatic heterocycles. The fraction of sp³-hybridized carbons (Fsp3) is 0.500. The van der Waals surface area contributed by atoms with E-state index in [0.29, 0.717) is 5.92 Å². The summed E-state index contributed by atoms with van der Waals surface area (Å²) < 4.78 is 26.4. The molecule has 0 aromatic heterocycles. The Hall–Kier alpha value is -1.45. The third kappa shape index (κ3) is 3.06. The SMILES string of the molecule is CC1CCCC(NC(=O)c2cc(F)ccc2F)C1. The van der Waals surface area contributed by atoms with Crippen LogP contribution in [0.5, 0.6) is 0 Å². The summed E-state index contributed by atoms with van der Waals surface area (Å²) >= 11 is 0. The predicted octanol–water partition coefficient (Wildman–Crippen LogP) is 3.27. The Morgan fingerprint density at radius 1 is 1.33 bits per heavy atom. The van der Waals surface area contributed by atoms with Crippen molar-refractivity contribution in [2.24, 2.45) is 5.92 Å². The van der Waals surface area contributed by atoms with E-state index >= 15 is 0 Å². The molecule has 0 heterocycles. The molecule has 18 heavy (non-hydrogen) atoms. The largest absolute Gasteiger partial charge is 0.349 e. The lowest BCUT2D eigenvalue weighted by atomic mass is 9.87. The van der Waals surface area contributed by atoms with E-state index in [0.717, 1.165) is 37.5 Å². The van der Waals surface area contributed by atoms with Gasteiger partial charge >= 0.3 is 0 Å². The second kappa shape index (κ2) is 5.46. The van der Waals surface area contributed by atoms with Crippen LogP contribution in [0.25, 0.3) is 0 Å². The van der Waals surface area contributed by atoms with E-state index in [1.165, 1.54) is 6.42 Å². The van der Waals surface area contributed by atoms with Crippen molar-refractivity contribution in [3.8, 4) is 0 Å². The zero-order chi connectivity index (χ0) is 13.1. The summed E-state index contributed by atoms with van der Waals surface area (Å²) in [6.07, 6.45) is 4.05. The molecule has 98 valence electrons. The lowest BCUT2D eigenvalue weighted by Crippen LogP contribution is -2.38. The molecule has 2 unspecified atom stereocenters. The van der Waals surface area contributed by atoms with E-state index < -0.39 is 17.5 Å². The molecule has 4 heteroatoms. The number of rotatable bonds is 2. The number of hydrogen-bond acceptors (Lipinski definition) is 1. The maximum atomic E-state index is 13.4. The van der Waals surface area contributed by atoms with Gasteiger partial charge in [-0.25, -0.2) is 8.78 Å². The predicted molar refractivity (Wildman–Crippen MR) is 65.2 cm³/mol. The second-order valence-corrected chi connectivity index (χ2v) is 5.07. The average molecular weight is 253 g/mol. The first kappa shape index (κ1) is 13.0. The first-order chi connectivity index (χ1) is 8.56. The van der Waals surface area contributed by atoms with Crippen LogP contribution >= 0.6 is 0 Å². The molecular weight excluding hydrogens is 236 g/mol. The van der Waals surface area contributed by atoms with E-state index in [9.17, 15) is 13.6 Å². The molecule has 2 atom stereocenters. The van der Waals surface area contributed by atoms with Gasteiger partial charge in [-0.2, -0.15) is 0 Å². The number of carbonyl (C=O) groups excluding carboxylic acids is 1. The summed E-state index contributed by atoms with van der Waals surface area (Å²) in [6.45, 7) is 2.14. The molecule has 0 saturated heterocycles. The standard InChI is InChI=1S/C14H17F2NO/c1-9-3-2-4-11(7-9)17-14(18)12-8-10(15)5-6-13(12)16/h5-6,8-9,11H,2-4,7H2,1H3,(H,17,18). The first-order valence-electron chi connectivity index (χ1n) is 6.32. The van der Waals surface area contributed by atoms with Crippen molar-refractivity contribution in [1.82, 2.24) is 5.32 Å². The van der Waals surface area contributed by atoms with Gasteiger partial charge in [0.05, 0.1) is 5.56 Å². The van der Waals surface area contributed by atoms with Crippen LogP contribution in [0, 0.1) is 17.6 Å². The quantitative estimate of drug-likeness (QED) is 0.861. The fourth-order valence-electron chi connectivity index (χ4n) is 2.50. The fourth-order valence-corrected chi connectivity index (χ4v) is 2.50. The first-order valence-corrected chi connectivity index (χ1v) is 6.32. The zero-order valence-electron chi connectivity index (χ0n) is 10.4. The van der Waals surface area contributed by atoms with Gasteiger partial charge in [0.2, 0.25) is 0 Å². The minimum atomic E-state index is -0.683. The summed E-state index contributed by atoms with van der Waals surface area (Å²) in [5, 5.41) is 2.79. The molecule has 1 fully saturated rings. The molecule has 2 nitrogen and oxygen atoms in total. The van der Waals surface area contributed by atoms with E-state index in [2.05, 4.69) is 12.2 Å². The van der Waals surface area contributed by atoms with Crippen molar-refractivity contribution in [2.45, 2.75) is 38.6 Å². The van der Waals surface area contributed by atoms with Gasteiger partial charge in [-0.15, -0.1) is 0 Å². The van der Waals surface area contributed by atoms with Crippen molar-refractivity contribution in [1.29, 1.82) is 0 Å². The molecule has 2 rings (SSSR count). The maximum absolute atomic E-state index is 13.4. The maximum Gasteiger partial charge on any atom is 0.254 e. The van der Waals surface area contributed by atoms with E-state index in [1.807, 2.05) is 0 Å². The van der Waals surface area contributed by atoms with Crippen molar-refractivity contribution in [2.75, 3.05) is 0 Å². The van der Waals surface area contributed by atoms with Crippen molar-refractivity contribution < 1.29 is 13.6 Å². The molecule has 1 aromatic rings. The van der Waals surface area contributed by atoms with E-state index in [-0.39, 0.29) is 11.6 Å². The Balaban J connectivity index is 2.05. The van der Waals surface area contributed by atoms with Gasteiger partial charge in [0.15, 0.2) is 0 Å². The Morgan fingerprint density at radius 2 is 2.11 bits per heavy atom. The molecule has 1 N–H and O–H groups in total. The molecule has 0 spiro atoms. The van der Waals surface area contributed by atoms with Gasteiger partial charge in [-0.1, -0.05) is 19.8 Å². The minimum Gasteiger partial charge on any atom is -0.349 e. The molecule has 1 aromatic carbocycles. The minimum absolute atomic E-state index is 0.0731. The summed E-state index contributed by atoms with van der Waals surface area (Å²) in [5.41, 5.74) is -0.215. The highest BCUT2D eigenvalue weighted by Crippen LogP contribution is 2.24. The molecule has 0 bridgehead atoms. The van der Waals surface area contributed by atoms with Gasteiger partial charge in [-0.3, -0.25) is 4.79 Å². The van der Waals surface area contributed by atoms with Gasteiger partial charge in [0, 0.05) is 6.04 Å². The van der Waals surface area contributed by atoms with Crippen LogP contribution in [-0.2, 0) is 0 Å². The van der Waals surface area contributed by atoms with Gasteiger partial charge in [-0.05, 0) is 37.0 Å². The van der Waals surface area contributed by atoms with Crippen LogP contribution in [-0.4, -0.2) is 11.9 Å². The Kier molecular flexibility index (Phi) is 3.94. The number of hydrogen-bond donors (Lipinski definition) is 1. The van der Waals surface area contributed by atoms with Gasteiger partial charge in [0.25, 0.3) is 5.91 Å². The van der Waals surface area contributed by atoms with Crippen LogP contribution in [0.15, 0.2) is 18.2 Å². The Morgan fingerprint density at radius 3 is 2.83 bits per heavy atom. The third-order valence-corrected chi connectivity index (χ3v) is 3.44. The van der Waals surface area contributed by atoms with Crippen LogP contribution in [0.1, 0.15) is 43.0 Å². The molecule has 1 amide bonds. The number of benzene rings is 1. The van der Waals surface area contributed by atoms with Gasteiger partial charge < -0.3 is 5.32 Å². The topological polar surface area (TPSA) is 29.1 Å². The molecular formula is C14H17F2NO. The normalized spacial score (nSPS) is 23.7. The smallest absolute Gasteiger partial charge is 0.254 e. The van der Waals surface area contributed by atoms with Crippen LogP contribution in [0.4, 0.5) is 8.78 Å². The molecule has 1 saturated carbocycles. The molecule has 1 aliphatic rings. The summed E-state index contributed by atoms with van der Waals surface area (Å²) in [5.74, 6) is -1.23. The highest BCUT2D eigenvalue weighted by molar-refractivity contribution is 5.94. The summed E-state index contributed by atoms with van der Waals surface area (Å²) in [6, 6.07) is 3.00. The van der Waals surface area contributed by atoms with Gasteiger partial charge in [0.1, 0.15) is 11.6 Å². The summed E-state index contributed by atoms with van der Waals surface area (Å²) in [4.78, 5) is 11.9. The van der Waals surface area contributed by atoms with Crippen molar-refractivity contribution >= 4 is 5.91 Å². The highest BCUT2D eigenvalue weighted by atomic mass is 19.1. The number of carbonyl (C=O) groups is 1. The lowest BCUT2D eigenvalue weighted by Gasteiger charge is -2.27.